The van der Waals surface area contributed by atoms with Gasteiger partial charge in [-0.1, -0.05) is 0 Å². The van der Waals surface area contributed by atoms with Crippen molar-refractivity contribution in [2.75, 3.05) is 27.9 Å². The van der Waals surface area contributed by atoms with Crippen LogP contribution in [0.25, 0.3) is 0 Å². The number of benzene rings is 1. The topological polar surface area (TPSA) is 101 Å². The standard InChI is InChI=1S/C13H21NO6Si/c1-18-21(19-2,20-3)8-4-7-14-9-10-5-6-11(15)13(17)12(10)16/h5-6,9,15-17H,4,7-8H2,1-3H3. The predicted octanol–water partition coefficient (Wildman–Crippen LogP) is 1.49. The molecule has 8 heteroatoms. The first kappa shape index (κ1) is 17.4. The molecule has 118 valence electrons. The average molecular weight is 315 g/mol. The van der Waals surface area contributed by atoms with Crippen LogP contribution in [-0.4, -0.2) is 58.2 Å². The maximum Gasteiger partial charge on any atom is 0.500 e. The molecule has 1 aromatic rings. The zero-order valence-corrected chi connectivity index (χ0v) is 13.4. The van der Waals surface area contributed by atoms with Crippen LogP contribution in [0.3, 0.4) is 0 Å². The number of hydrogen-bond donors (Lipinski definition) is 3. The van der Waals surface area contributed by atoms with Crippen LogP contribution in [0.4, 0.5) is 0 Å². The van der Waals surface area contributed by atoms with Gasteiger partial charge in [-0.25, -0.2) is 0 Å². The molecule has 0 aromatic heterocycles. The number of aromatic hydroxyl groups is 3. The number of phenolic OH excluding ortho intramolecular Hbond substituents is 3. The first-order valence-corrected chi connectivity index (χ1v) is 8.32. The minimum atomic E-state index is -2.57. The van der Waals surface area contributed by atoms with Crippen molar-refractivity contribution in [3.05, 3.63) is 17.7 Å². The highest BCUT2D eigenvalue weighted by atomic mass is 28.4. The van der Waals surface area contributed by atoms with E-state index in [9.17, 15) is 15.3 Å². The van der Waals surface area contributed by atoms with E-state index in [4.69, 9.17) is 13.3 Å². The lowest BCUT2D eigenvalue weighted by molar-refractivity contribution is 0.123. The minimum absolute atomic E-state index is 0.332. The number of aliphatic imine (C=N–C) groups is 1. The fraction of sp³-hybridized carbons (Fsp3) is 0.462. The third-order valence-corrected chi connectivity index (χ3v) is 5.93. The maximum atomic E-state index is 9.62. The van der Waals surface area contributed by atoms with Crippen LogP contribution in [-0.2, 0) is 13.3 Å². The van der Waals surface area contributed by atoms with E-state index in [0.717, 1.165) is 0 Å². The number of rotatable bonds is 8. The van der Waals surface area contributed by atoms with Crippen molar-refractivity contribution in [3.63, 3.8) is 0 Å². The van der Waals surface area contributed by atoms with Gasteiger partial charge in [-0.15, -0.1) is 0 Å². The maximum absolute atomic E-state index is 9.62. The summed E-state index contributed by atoms with van der Waals surface area (Å²) >= 11 is 0. The van der Waals surface area contributed by atoms with Crippen LogP contribution in [0.1, 0.15) is 12.0 Å². The van der Waals surface area contributed by atoms with E-state index < -0.39 is 20.3 Å². The molecule has 1 rings (SSSR count). The van der Waals surface area contributed by atoms with Crippen molar-refractivity contribution in [2.24, 2.45) is 4.99 Å². The molecule has 0 amide bonds. The molecule has 3 N–H and O–H groups in total. The van der Waals surface area contributed by atoms with Crippen LogP contribution >= 0.6 is 0 Å². The van der Waals surface area contributed by atoms with Gasteiger partial charge in [0.1, 0.15) is 0 Å². The van der Waals surface area contributed by atoms with Crippen LogP contribution in [0.15, 0.2) is 17.1 Å². The van der Waals surface area contributed by atoms with Gasteiger partial charge in [-0.3, -0.25) is 4.99 Å². The molecule has 7 nitrogen and oxygen atoms in total. The predicted molar refractivity (Wildman–Crippen MR) is 80.1 cm³/mol. The van der Waals surface area contributed by atoms with Gasteiger partial charge >= 0.3 is 8.80 Å². The van der Waals surface area contributed by atoms with E-state index >= 15 is 0 Å². The van der Waals surface area contributed by atoms with Crippen LogP contribution in [0.2, 0.25) is 6.04 Å². The summed E-state index contributed by atoms with van der Waals surface area (Å²) in [5.74, 6) is -1.32. The third kappa shape index (κ3) is 4.43. The van der Waals surface area contributed by atoms with Gasteiger partial charge in [0, 0.05) is 45.7 Å². The van der Waals surface area contributed by atoms with E-state index in [-0.39, 0.29) is 5.75 Å². The highest BCUT2D eigenvalue weighted by Gasteiger charge is 2.36. The Morgan fingerprint density at radius 1 is 1.05 bits per heavy atom. The molecule has 0 heterocycles. The SMILES string of the molecule is CO[Si](CCCN=Cc1ccc(O)c(O)c1O)(OC)OC. The van der Waals surface area contributed by atoms with Crippen LogP contribution < -0.4 is 0 Å². The molecule has 0 saturated heterocycles. The Hall–Kier alpha value is -1.61. The van der Waals surface area contributed by atoms with Gasteiger partial charge in [-0.05, 0) is 18.6 Å². The second-order valence-electron chi connectivity index (χ2n) is 4.31. The van der Waals surface area contributed by atoms with Crippen molar-refractivity contribution < 1.29 is 28.6 Å². The van der Waals surface area contributed by atoms with Gasteiger partial charge in [0.2, 0.25) is 5.75 Å². The number of hydrogen-bond acceptors (Lipinski definition) is 7. The second kappa shape index (κ2) is 7.98. The molecule has 0 saturated carbocycles. The summed E-state index contributed by atoms with van der Waals surface area (Å²) < 4.78 is 15.9. The molecule has 0 unspecified atom stereocenters. The third-order valence-electron chi connectivity index (χ3n) is 3.09. The van der Waals surface area contributed by atoms with Crippen molar-refractivity contribution in [2.45, 2.75) is 12.5 Å². The Balaban J connectivity index is 2.55. The summed E-state index contributed by atoms with van der Waals surface area (Å²) in [5, 5.41) is 28.2. The highest BCUT2D eigenvalue weighted by molar-refractivity contribution is 6.60. The van der Waals surface area contributed by atoms with E-state index in [0.29, 0.717) is 24.6 Å². The second-order valence-corrected chi connectivity index (χ2v) is 7.40. The summed E-state index contributed by atoms with van der Waals surface area (Å²) in [6.45, 7) is 0.492. The molecule has 0 radical (unpaired) electrons. The Morgan fingerprint density at radius 2 is 1.67 bits per heavy atom. The average Bonchev–Trinajstić information content (AvgIpc) is 2.51. The Kier molecular flexibility index (Phi) is 6.63. The molecule has 0 aliphatic rings. The van der Waals surface area contributed by atoms with Gasteiger partial charge in [-0.2, -0.15) is 0 Å². The molecular formula is C13H21NO6Si. The smallest absolute Gasteiger partial charge is 0.500 e. The monoisotopic (exact) mass is 315 g/mol. The van der Waals surface area contributed by atoms with Gasteiger partial charge in [0.25, 0.3) is 0 Å². The summed E-state index contributed by atoms with van der Waals surface area (Å²) in [4.78, 5) is 4.16. The number of phenols is 3. The summed E-state index contributed by atoms with van der Waals surface area (Å²) in [6.07, 6.45) is 2.13. The normalized spacial score (nSPS) is 12.1. The van der Waals surface area contributed by atoms with Crippen molar-refractivity contribution in [1.82, 2.24) is 0 Å². The van der Waals surface area contributed by atoms with Gasteiger partial charge in [0.15, 0.2) is 11.5 Å². The molecule has 1 aromatic carbocycles. The molecular weight excluding hydrogens is 294 g/mol. The van der Waals surface area contributed by atoms with Crippen LogP contribution in [0.5, 0.6) is 17.2 Å². The Bertz CT molecular complexity index is 482. The van der Waals surface area contributed by atoms with E-state index in [1.54, 1.807) is 21.3 Å². The highest BCUT2D eigenvalue weighted by Crippen LogP contribution is 2.36. The lowest BCUT2D eigenvalue weighted by Gasteiger charge is -2.23. The molecule has 21 heavy (non-hydrogen) atoms. The van der Waals surface area contributed by atoms with Gasteiger partial charge < -0.3 is 28.6 Å². The molecule has 0 aliphatic heterocycles. The fourth-order valence-electron chi connectivity index (χ4n) is 1.79. The minimum Gasteiger partial charge on any atom is -0.504 e. The van der Waals surface area contributed by atoms with E-state index in [1.165, 1.54) is 18.3 Å². The summed E-state index contributed by atoms with van der Waals surface area (Å²) in [7, 11) is 2.10. The quantitative estimate of drug-likeness (QED) is 0.291. The zero-order chi connectivity index (χ0) is 15.9. The molecule has 0 aliphatic carbocycles. The Labute approximate surface area is 124 Å². The Morgan fingerprint density at radius 3 is 2.24 bits per heavy atom. The van der Waals surface area contributed by atoms with Crippen molar-refractivity contribution in [3.8, 4) is 17.2 Å². The zero-order valence-electron chi connectivity index (χ0n) is 12.4. The lowest BCUT2D eigenvalue weighted by Crippen LogP contribution is -2.42. The largest absolute Gasteiger partial charge is 0.504 e. The molecule has 0 fully saturated rings. The first-order valence-electron chi connectivity index (χ1n) is 6.39. The summed E-state index contributed by atoms with van der Waals surface area (Å²) in [5.41, 5.74) is 0.332. The summed E-state index contributed by atoms with van der Waals surface area (Å²) in [6, 6.07) is 3.38. The van der Waals surface area contributed by atoms with E-state index in [2.05, 4.69) is 4.99 Å². The first-order chi connectivity index (χ1) is 9.99. The molecule has 0 bridgehead atoms. The number of nitrogens with zero attached hydrogens (tertiary/aromatic N) is 1. The fourth-order valence-corrected chi connectivity index (χ4v) is 3.50. The lowest BCUT2D eigenvalue weighted by atomic mass is 10.2. The van der Waals surface area contributed by atoms with Crippen LogP contribution in [0, 0.1) is 0 Å². The van der Waals surface area contributed by atoms with Crippen molar-refractivity contribution in [1.29, 1.82) is 0 Å². The van der Waals surface area contributed by atoms with Gasteiger partial charge in [0.05, 0.1) is 0 Å². The molecule has 0 spiro atoms. The molecule has 0 atom stereocenters. The van der Waals surface area contributed by atoms with Crippen molar-refractivity contribution >= 4 is 15.0 Å². The van der Waals surface area contributed by atoms with E-state index in [1.807, 2.05) is 0 Å².